The van der Waals surface area contributed by atoms with Gasteiger partial charge in [-0.25, -0.2) is 4.98 Å². The molecule has 1 aromatic carbocycles. The summed E-state index contributed by atoms with van der Waals surface area (Å²) in [6, 6.07) is 3.62. The number of nitro groups is 1. The van der Waals surface area contributed by atoms with Crippen molar-refractivity contribution in [1.82, 2.24) is 4.98 Å². The lowest BCUT2D eigenvalue weighted by atomic mass is 10.3. The van der Waals surface area contributed by atoms with Crippen LogP contribution in [0.25, 0.3) is 0 Å². The van der Waals surface area contributed by atoms with Crippen molar-refractivity contribution in [3.8, 4) is 11.6 Å². The molecular formula is C17H14Cl2F3N2O7P. The molecule has 0 saturated carbocycles. The molecule has 2 unspecified atom stereocenters. The fourth-order valence-electron chi connectivity index (χ4n) is 2.35. The number of carbonyl (C=O) groups is 1. The Kier molecular flexibility index (Phi) is 8.11. The summed E-state index contributed by atoms with van der Waals surface area (Å²) < 4.78 is 66.6. The van der Waals surface area contributed by atoms with Gasteiger partial charge in [-0.2, -0.15) is 13.2 Å². The molecule has 174 valence electrons. The molecule has 2 rings (SSSR count). The molecule has 0 fully saturated rings. The average molecular weight is 517 g/mol. The van der Waals surface area contributed by atoms with Gasteiger partial charge in [-0.1, -0.05) is 18.5 Å². The van der Waals surface area contributed by atoms with Crippen LogP contribution in [0.4, 0.5) is 18.9 Å². The summed E-state index contributed by atoms with van der Waals surface area (Å²) in [5.41, 5.74) is -1.72. The normalized spacial score (nSPS) is 14.3. The van der Waals surface area contributed by atoms with Gasteiger partial charge in [0.15, 0.2) is 0 Å². The molecule has 32 heavy (non-hydrogen) atoms. The van der Waals surface area contributed by atoms with Crippen LogP contribution in [0, 0.1) is 10.1 Å². The van der Waals surface area contributed by atoms with Gasteiger partial charge in [-0.15, -0.1) is 0 Å². The van der Waals surface area contributed by atoms with Gasteiger partial charge in [0.25, 0.3) is 11.4 Å². The molecule has 0 spiro atoms. The second kappa shape index (κ2) is 10.0. The molecule has 0 aliphatic rings. The Morgan fingerprint density at radius 1 is 1.34 bits per heavy atom. The van der Waals surface area contributed by atoms with E-state index in [2.05, 4.69) is 9.72 Å². The van der Waals surface area contributed by atoms with Gasteiger partial charge in [-0.05, 0) is 23.7 Å². The first-order valence-electron chi connectivity index (χ1n) is 8.55. The largest absolute Gasteiger partial charge is 0.438 e. The van der Waals surface area contributed by atoms with E-state index in [0.717, 1.165) is 25.1 Å². The number of benzene rings is 1. The first-order valence-corrected chi connectivity index (χ1v) is 11.2. The summed E-state index contributed by atoms with van der Waals surface area (Å²) in [6.45, 7) is 2.41. The summed E-state index contributed by atoms with van der Waals surface area (Å²) in [5.74, 6) is -3.26. The van der Waals surface area contributed by atoms with Crippen LogP contribution >= 0.6 is 30.6 Å². The van der Waals surface area contributed by atoms with Crippen molar-refractivity contribution in [2.45, 2.75) is 25.8 Å². The van der Waals surface area contributed by atoms with E-state index in [-0.39, 0.29) is 11.9 Å². The number of pyridine rings is 1. The second-order valence-electron chi connectivity index (χ2n) is 6.00. The first kappa shape index (κ1) is 25.9. The van der Waals surface area contributed by atoms with Crippen molar-refractivity contribution in [3.63, 3.8) is 0 Å². The zero-order valence-corrected chi connectivity index (χ0v) is 18.7. The van der Waals surface area contributed by atoms with Crippen LogP contribution in [0.3, 0.4) is 0 Å². The highest BCUT2D eigenvalue weighted by atomic mass is 35.5. The monoisotopic (exact) mass is 516 g/mol. The fourth-order valence-corrected chi connectivity index (χ4v) is 4.81. The predicted octanol–water partition coefficient (Wildman–Crippen LogP) is 5.48. The third-order valence-corrected chi connectivity index (χ3v) is 6.82. The highest BCUT2D eigenvalue weighted by molar-refractivity contribution is 7.67. The maximum absolute atomic E-state index is 13.3. The molecular weight excluding hydrogens is 503 g/mol. The van der Waals surface area contributed by atoms with Gasteiger partial charge in [0.2, 0.25) is 13.2 Å². The third-order valence-electron chi connectivity index (χ3n) is 3.79. The zero-order chi connectivity index (χ0) is 24.3. The highest BCUT2D eigenvalue weighted by Gasteiger charge is 2.36. The van der Waals surface area contributed by atoms with E-state index in [1.54, 1.807) is 0 Å². The maximum atomic E-state index is 13.3. The van der Waals surface area contributed by atoms with Gasteiger partial charge < -0.3 is 9.47 Å². The Morgan fingerprint density at radius 3 is 2.50 bits per heavy atom. The molecule has 0 radical (unpaired) electrons. The Balaban J connectivity index is 2.46. The number of aromatic nitrogens is 1. The number of alkyl halides is 4. The van der Waals surface area contributed by atoms with Gasteiger partial charge in [0.05, 0.1) is 10.5 Å². The van der Waals surface area contributed by atoms with Gasteiger partial charge in [0.1, 0.15) is 16.1 Å². The van der Waals surface area contributed by atoms with Crippen LogP contribution in [-0.2, 0) is 24.8 Å². The molecule has 0 bridgehead atoms. The molecule has 1 heterocycles. The number of halogens is 5. The molecule has 9 nitrogen and oxygen atoms in total. The van der Waals surface area contributed by atoms with Crippen LogP contribution in [0.2, 0.25) is 5.02 Å². The number of nitro benzene ring substituents is 1. The van der Waals surface area contributed by atoms with E-state index >= 15 is 0 Å². The molecule has 0 amide bonds. The summed E-state index contributed by atoms with van der Waals surface area (Å²) in [5, 5.41) is 10.5. The lowest BCUT2D eigenvalue weighted by molar-refractivity contribution is -0.383. The van der Waals surface area contributed by atoms with E-state index in [0.29, 0.717) is 12.3 Å². The van der Waals surface area contributed by atoms with Crippen molar-refractivity contribution in [2.75, 3.05) is 6.16 Å². The lowest BCUT2D eigenvalue weighted by Crippen LogP contribution is -2.20. The standard InChI is InChI=1S/C17H14Cl2F3N2O7P/c1-3-32(28,31-16(19)29-9(2)25)14-7-11(4-5-13(14)24(26)27)30-15-12(18)6-10(8-23-15)17(20,21)22/h4-8,16H,3H2,1-2H3. The minimum atomic E-state index is -4.68. The molecule has 0 N–H and O–H groups in total. The van der Waals surface area contributed by atoms with Crippen LogP contribution in [-0.4, -0.2) is 27.8 Å². The van der Waals surface area contributed by atoms with Gasteiger partial charge in [0, 0.05) is 31.4 Å². The van der Waals surface area contributed by atoms with Crippen molar-refractivity contribution in [3.05, 3.63) is 51.2 Å². The molecule has 0 saturated heterocycles. The van der Waals surface area contributed by atoms with Gasteiger partial charge in [-0.3, -0.25) is 24.0 Å². The highest BCUT2D eigenvalue weighted by Crippen LogP contribution is 2.50. The number of esters is 1. The van der Waals surface area contributed by atoms with E-state index < -0.39 is 57.6 Å². The van der Waals surface area contributed by atoms with Crippen molar-refractivity contribution < 1.29 is 41.5 Å². The van der Waals surface area contributed by atoms with Crippen LogP contribution in [0.5, 0.6) is 11.6 Å². The number of ether oxygens (including phenoxy) is 2. The van der Waals surface area contributed by atoms with Gasteiger partial charge >= 0.3 is 12.1 Å². The Labute approximate surface area is 189 Å². The summed E-state index contributed by atoms with van der Waals surface area (Å²) in [7, 11) is -4.06. The van der Waals surface area contributed by atoms with Crippen molar-refractivity contribution in [2.24, 2.45) is 0 Å². The number of carbonyl (C=O) groups excluding carboxylic acids is 1. The Bertz CT molecular complexity index is 1080. The fraction of sp³-hybridized carbons (Fsp3) is 0.294. The number of nitrogens with zero attached hydrogens (tertiary/aromatic N) is 2. The number of hydrogen-bond donors (Lipinski definition) is 0. The molecule has 15 heteroatoms. The minimum Gasteiger partial charge on any atom is -0.438 e. The molecule has 1 aromatic heterocycles. The summed E-state index contributed by atoms with van der Waals surface area (Å²) >= 11 is 11.5. The predicted molar refractivity (Wildman–Crippen MR) is 108 cm³/mol. The van der Waals surface area contributed by atoms with Crippen LogP contribution in [0.1, 0.15) is 19.4 Å². The van der Waals surface area contributed by atoms with E-state index in [1.165, 1.54) is 6.92 Å². The van der Waals surface area contributed by atoms with E-state index in [9.17, 15) is 32.6 Å². The Morgan fingerprint density at radius 2 is 2.00 bits per heavy atom. The number of hydrogen-bond acceptors (Lipinski definition) is 8. The topological polar surface area (TPSA) is 118 Å². The third kappa shape index (κ3) is 6.32. The smallest absolute Gasteiger partial charge is 0.417 e. The summed E-state index contributed by atoms with van der Waals surface area (Å²) in [4.78, 5) is 25.1. The Hall–Kier alpha value is -2.40. The molecule has 0 aliphatic heterocycles. The second-order valence-corrected chi connectivity index (χ2v) is 9.43. The quantitative estimate of drug-likeness (QED) is 0.113. The van der Waals surface area contributed by atoms with Crippen molar-refractivity contribution >= 4 is 47.5 Å². The average Bonchev–Trinajstić information content (AvgIpc) is 2.67. The lowest BCUT2D eigenvalue weighted by Gasteiger charge is -2.20. The van der Waals surface area contributed by atoms with E-state index in [1.807, 2.05) is 0 Å². The SMILES string of the molecule is CCP(=O)(OC(Cl)OC(C)=O)c1cc(Oc2ncc(C(F)(F)F)cc2Cl)ccc1[N+](=O)[O-]. The maximum Gasteiger partial charge on any atom is 0.417 e. The van der Waals surface area contributed by atoms with Crippen molar-refractivity contribution in [1.29, 1.82) is 0 Å². The van der Waals surface area contributed by atoms with E-state index in [4.69, 9.17) is 32.5 Å². The molecule has 0 aliphatic carbocycles. The minimum absolute atomic E-state index is 0.185. The number of rotatable bonds is 8. The van der Waals surface area contributed by atoms with Crippen LogP contribution in [0.15, 0.2) is 30.5 Å². The molecule has 2 aromatic rings. The molecule has 2 atom stereocenters. The first-order chi connectivity index (χ1) is 14.8. The summed E-state index contributed by atoms with van der Waals surface area (Å²) in [6.07, 6.45) is -4.47. The zero-order valence-electron chi connectivity index (χ0n) is 16.3. The van der Waals surface area contributed by atoms with Crippen LogP contribution < -0.4 is 10.0 Å².